The molecular formula is C19H16ClNO2S2. The van der Waals surface area contributed by atoms with E-state index in [0.717, 1.165) is 16.2 Å². The summed E-state index contributed by atoms with van der Waals surface area (Å²) in [5, 5.41) is 1.11. The summed E-state index contributed by atoms with van der Waals surface area (Å²) in [6.07, 6.45) is 1.21. The third-order valence-corrected chi connectivity index (χ3v) is 6.23. The second kappa shape index (κ2) is 7.20. The molecule has 3 nitrogen and oxygen atoms in total. The van der Waals surface area contributed by atoms with E-state index in [4.69, 9.17) is 11.6 Å². The molecule has 0 saturated carbocycles. The maximum Gasteiger partial charge on any atom is 0.178 e. The molecule has 1 heterocycles. The van der Waals surface area contributed by atoms with Gasteiger partial charge in [-0.3, -0.25) is 0 Å². The van der Waals surface area contributed by atoms with E-state index in [0.29, 0.717) is 15.6 Å². The topological polar surface area (TPSA) is 47.0 Å². The number of sulfone groups is 1. The molecule has 128 valence electrons. The molecule has 0 saturated heterocycles. The van der Waals surface area contributed by atoms with Gasteiger partial charge in [-0.15, -0.1) is 0 Å². The Morgan fingerprint density at radius 1 is 1.00 bits per heavy atom. The van der Waals surface area contributed by atoms with Gasteiger partial charge in [-0.05, 0) is 42.8 Å². The lowest BCUT2D eigenvalue weighted by atomic mass is 10.1. The lowest BCUT2D eigenvalue weighted by Crippen LogP contribution is -2.05. The molecule has 3 rings (SSSR count). The number of pyridine rings is 1. The average Bonchev–Trinajstić information content (AvgIpc) is 2.56. The van der Waals surface area contributed by atoms with Crippen LogP contribution in [0.5, 0.6) is 0 Å². The summed E-state index contributed by atoms with van der Waals surface area (Å²) in [4.78, 5) is 5.79. The minimum absolute atomic E-state index is 0.270. The van der Waals surface area contributed by atoms with Crippen LogP contribution in [0, 0.1) is 6.92 Å². The third-order valence-electron chi connectivity index (χ3n) is 3.60. The number of hydrogen-bond acceptors (Lipinski definition) is 4. The largest absolute Gasteiger partial charge is 0.240 e. The smallest absolute Gasteiger partial charge is 0.178 e. The second-order valence-corrected chi connectivity index (χ2v) is 9.10. The zero-order valence-corrected chi connectivity index (χ0v) is 16.1. The van der Waals surface area contributed by atoms with Gasteiger partial charge in [-0.25, -0.2) is 13.4 Å². The van der Waals surface area contributed by atoms with Crippen molar-refractivity contribution in [2.24, 2.45) is 0 Å². The summed E-state index contributed by atoms with van der Waals surface area (Å²) in [6, 6.07) is 18.8. The van der Waals surface area contributed by atoms with Crippen LogP contribution >= 0.6 is 23.4 Å². The number of hydrogen-bond donors (Lipinski definition) is 0. The summed E-state index contributed by atoms with van der Waals surface area (Å²) in [5.74, 6) is 0. The van der Waals surface area contributed by atoms with Gasteiger partial charge >= 0.3 is 0 Å². The van der Waals surface area contributed by atoms with Crippen molar-refractivity contribution in [1.82, 2.24) is 4.98 Å². The number of rotatable bonds is 4. The fourth-order valence-corrected chi connectivity index (χ4v) is 5.13. The lowest BCUT2D eigenvalue weighted by molar-refractivity contribution is 0.598. The highest BCUT2D eigenvalue weighted by molar-refractivity contribution is 8.00. The summed E-state index contributed by atoms with van der Waals surface area (Å²) in [6.45, 7) is 1.80. The molecule has 0 spiro atoms. The Morgan fingerprint density at radius 2 is 1.64 bits per heavy atom. The Kier molecular flexibility index (Phi) is 5.18. The van der Waals surface area contributed by atoms with E-state index in [9.17, 15) is 8.42 Å². The van der Waals surface area contributed by atoms with Crippen LogP contribution < -0.4 is 0 Å². The molecule has 0 amide bonds. The molecule has 25 heavy (non-hydrogen) atoms. The molecule has 2 aromatic carbocycles. The summed E-state index contributed by atoms with van der Waals surface area (Å²) in [5.41, 5.74) is 2.39. The first kappa shape index (κ1) is 18.0. The van der Waals surface area contributed by atoms with Crippen LogP contribution in [0.3, 0.4) is 0 Å². The number of halogens is 1. The molecule has 0 aliphatic carbocycles. The first-order valence-electron chi connectivity index (χ1n) is 7.55. The van der Waals surface area contributed by atoms with E-state index < -0.39 is 9.84 Å². The van der Waals surface area contributed by atoms with Gasteiger partial charge in [-0.1, -0.05) is 53.7 Å². The predicted octanol–water partition coefficient (Wildman–Crippen LogP) is 5.27. The van der Waals surface area contributed by atoms with Crippen LogP contribution in [-0.4, -0.2) is 19.7 Å². The maximum absolute atomic E-state index is 12.3. The third kappa shape index (κ3) is 4.24. The van der Waals surface area contributed by atoms with E-state index in [1.54, 1.807) is 19.1 Å². The monoisotopic (exact) mass is 389 g/mol. The highest BCUT2D eigenvalue weighted by Crippen LogP contribution is 2.35. The summed E-state index contributed by atoms with van der Waals surface area (Å²) >= 11 is 7.25. The van der Waals surface area contributed by atoms with Crippen molar-refractivity contribution in [3.8, 4) is 11.3 Å². The van der Waals surface area contributed by atoms with E-state index in [1.807, 2.05) is 48.5 Å². The Bertz CT molecular complexity index is 1000. The molecule has 0 N–H and O–H groups in total. The van der Waals surface area contributed by atoms with Gasteiger partial charge in [0.1, 0.15) is 9.92 Å². The fraction of sp³-hybridized carbons (Fsp3) is 0.105. The number of aromatic nitrogens is 1. The van der Waals surface area contributed by atoms with E-state index in [-0.39, 0.29) is 4.90 Å². The van der Waals surface area contributed by atoms with Crippen molar-refractivity contribution in [3.63, 3.8) is 0 Å². The zero-order chi connectivity index (χ0) is 18.0. The van der Waals surface area contributed by atoms with Crippen LogP contribution in [0.4, 0.5) is 0 Å². The van der Waals surface area contributed by atoms with E-state index in [1.165, 1.54) is 18.0 Å². The zero-order valence-electron chi connectivity index (χ0n) is 13.7. The molecule has 0 fully saturated rings. The molecule has 0 atom stereocenters. The summed E-state index contributed by atoms with van der Waals surface area (Å²) in [7, 11) is -3.40. The van der Waals surface area contributed by atoms with Gasteiger partial charge in [0.15, 0.2) is 9.84 Å². The average molecular weight is 390 g/mol. The van der Waals surface area contributed by atoms with Crippen molar-refractivity contribution in [2.75, 3.05) is 6.26 Å². The van der Waals surface area contributed by atoms with Gasteiger partial charge in [0, 0.05) is 21.7 Å². The van der Waals surface area contributed by atoms with Crippen molar-refractivity contribution in [2.45, 2.75) is 21.7 Å². The highest BCUT2D eigenvalue weighted by Gasteiger charge is 2.20. The molecule has 6 heteroatoms. The highest BCUT2D eigenvalue weighted by atomic mass is 35.5. The van der Waals surface area contributed by atoms with Crippen molar-refractivity contribution in [3.05, 3.63) is 71.2 Å². The Balaban J connectivity index is 2.15. The number of benzene rings is 2. The van der Waals surface area contributed by atoms with Gasteiger partial charge in [0.2, 0.25) is 0 Å². The first-order valence-corrected chi connectivity index (χ1v) is 10.6. The van der Waals surface area contributed by atoms with E-state index >= 15 is 0 Å². The standard InChI is InChI=1S/C19H16ClNO2S2/c1-13-12-17(14-6-4-3-5-7-14)21-19(18(13)25(2,22)23)24-16-10-8-15(20)9-11-16/h3-12H,1-2H3. The predicted molar refractivity (Wildman–Crippen MR) is 103 cm³/mol. The molecule has 1 aromatic heterocycles. The minimum Gasteiger partial charge on any atom is -0.240 e. The Labute approximate surface area is 157 Å². The SMILES string of the molecule is Cc1cc(-c2ccccc2)nc(Sc2ccc(Cl)cc2)c1S(C)(=O)=O. The normalized spacial score (nSPS) is 11.5. The van der Waals surface area contributed by atoms with Crippen LogP contribution in [-0.2, 0) is 9.84 Å². The van der Waals surface area contributed by atoms with Gasteiger partial charge in [0.05, 0.1) is 5.69 Å². The quantitative estimate of drug-likeness (QED) is 0.610. The van der Waals surface area contributed by atoms with Crippen LogP contribution in [0.25, 0.3) is 11.3 Å². The lowest BCUT2D eigenvalue weighted by Gasteiger charge is -2.13. The number of aryl methyl sites for hydroxylation is 1. The number of nitrogens with zero attached hydrogens (tertiary/aromatic N) is 1. The van der Waals surface area contributed by atoms with Gasteiger partial charge in [0.25, 0.3) is 0 Å². The van der Waals surface area contributed by atoms with Crippen LogP contribution in [0.15, 0.2) is 75.5 Å². The first-order chi connectivity index (χ1) is 11.8. The van der Waals surface area contributed by atoms with Gasteiger partial charge in [-0.2, -0.15) is 0 Å². The Morgan fingerprint density at radius 3 is 2.24 bits per heavy atom. The maximum atomic E-state index is 12.3. The minimum atomic E-state index is -3.40. The molecule has 0 radical (unpaired) electrons. The molecule has 0 aliphatic rings. The van der Waals surface area contributed by atoms with Crippen LogP contribution in [0.1, 0.15) is 5.56 Å². The van der Waals surface area contributed by atoms with Crippen molar-refractivity contribution >= 4 is 33.2 Å². The molecule has 0 unspecified atom stereocenters. The fourth-order valence-electron chi connectivity index (χ4n) is 2.52. The van der Waals surface area contributed by atoms with E-state index in [2.05, 4.69) is 4.98 Å². The van der Waals surface area contributed by atoms with Crippen molar-refractivity contribution in [1.29, 1.82) is 0 Å². The Hall–Kier alpha value is -1.82. The van der Waals surface area contributed by atoms with Gasteiger partial charge < -0.3 is 0 Å². The molecule has 0 bridgehead atoms. The molecule has 3 aromatic rings. The molecule has 0 aliphatic heterocycles. The molecular weight excluding hydrogens is 374 g/mol. The summed E-state index contributed by atoms with van der Waals surface area (Å²) < 4.78 is 24.6. The second-order valence-electron chi connectivity index (χ2n) is 5.65. The van der Waals surface area contributed by atoms with Crippen molar-refractivity contribution < 1.29 is 8.42 Å². The van der Waals surface area contributed by atoms with Crippen LogP contribution in [0.2, 0.25) is 5.02 Å².